The fourth-order valence-electron chi connectivity index (χ4n) is 1.96. The number of aliphatic carboxylic acids is 1. The van der Waals surface area contributed by atoms with Crippen LogP contribution in [-0.4, -0.2) is 45.1 Å². The van der Waals surface area contributed by atoms with Crippen molar-refractivity contribution in [2.45, 2.75) is 26.2 Å². The van der Waals surface area contributed by atoms with Gasteiger partial charge in [0.25, 0.3) is 0 Å². The molecule has 2 rings (SSSR count). The molecule has 0 aliphatic rings. The average Bonchev–Trinajstić information content (AvgIpc) is 3.14. The molecule has 22 heavy (non-hydrogen) atoms. The van der Waals surface area contributed by atoms with E-state index < -0.39 is 5.97 Å². The number of carbonyl (C=O) groups excluding carboxylic acids is 1. The lowest BCUT2D eigenvalue weighted by atomic mass is 10.2. The van der Waals surface area contributed by atoms with E-state index in [0.717, 1.165) is 5.56 Å². The number of rotatable bonds is 8. The first-order valence-electron chi connectivity index (χ1n) is 6.95. The second-order valence-corrected chi connectivity index (χ2v) is 5.51. The van der Waals surface area contributed by atoms with Crippen molar-refractivity contribution in [3.05, 3.63) is 22.7 Å². The molecule has 0 aliphatic heterocycles. The third-order valence-corrected chi connectivity index (χ3v) is 3.66. The van der Waals surface area contributed by atoms with Gasteiger partial charge >= 0.3 is 5.97 Å². The van der Waals surface area contributed by atoms with Gasteiger partial charge in [0.15, 0.2) is 0 Å². The summed E-state index contributed by atoms with van der Waals surface area (Å²) in [5.74, 6) is -0.361. The summed E-state index contributed by atoms with van der Waals surface area (Å²) in [7, 11) is 0. The van der Waals surface area contributed by atoms with Crippen molar-refractivity contribution in [1.82, 2.24) is 15.0 Å². The molecule has 2 heterocycles. The highest BCUT2D eigenvalue weighted by atomic mass is 32.1. The Hall–Kier alpha value is -2.22. The minimum Gasteiger partial charge on any atom is -0.480 e. The topological polar surface area (TPSA) is 96.5 Å². The van der Waals surface area contributed by atoms with E-state index in [2.05, 4.69) is 10.1 Å². The molecule has 1 amide bonds. The van der Waals surface area contributed by atoms with E-state index in [-0.39, 0.29) is 18.9 Å². The van der Waals surface area contributed by atoms with E-state index in [1.54, 1.807) is 0 Å². The van der Waals surface area contributed by atoms with Gasteiger partial charge in [-0.15, -0.1) is 0 Å². The van der Waals surface area contributed by atoms with Gasteiger partial charge in [0.2, 0.25) is 17.6 Å². The van der Waals surface area contributed by atoms with Gasteiger partial charge in [0, 0.05) is 30.3 Å². The van der Waals surface area contributed by atoms with Gasteiger partial charge in [0.05, 0.1) is 0 Å². The third kappa shape index (κ3) is 4.39. The van der Waals surface area contributed by atoms with Crippen LogP contribution >= 0.6 is 11.3 Å². The smallest absolute Gasteiger partial charge is 0.323 e. The van der Waals surface area contributed by atoms with Gasteiger partial charge in [-0.25, -0.2) is 0 Å². The van der Waals surface area contributed by atoms with Gasteiger partial charge < -0.3 is 14.5 Å². The number of thiophene rings is 1. The Morgan fingerprint density at radius 1 is 1.45 bits per heavy atom. The van der Waals surface area contributed by atoms with E-state index in [1.165, 1.54) is 16.2 Å². The van der Waals surface area contributed by atoms with Crippen LogP contribution in [0.15, 0.2) is 21.3 Å². The summed E-state index contributed by atoms with van der Waals surface area (Å²) < 4.78 is 5.12. The molecular weight excluding hydrogens is 306 g/mol. The number of carboxylic acid groups (broad SMARTS) is 1. The number of aromatic nitrogens is 2. The highest BCUT2D eigenvalue weighted by Crippen LogP contribution is 2.19. The second kappa shape index (κ2) is 7.69. The fraction of sp³-hybridized carbons (Fsp3) is 0.429. The lowest BCUT2D eigenvalue weighted by molar-refractivity contribution is -0.144. The van der Waals surface area contributed by atoms with Crippen molar-refractivity contribution < 1.29 is 19.2 Å². The first-order chi connectivity index (χ1) is 10.6. The summed E-state index contributed by atoms with van der Waals surface area (Å²) in [6.07, 6.45) is 1.16. The third-order valence-electron chi connectivity index (χ3n) is 2.97. The van der Waals surface area contributed by atoms with Crippen molar-refractivity contribution in [3.63, 3.8) is 0 Å². The number of hydrogen-bond donors (Lipinski definition) is 1. The minimum atomic E-state index is -1.01. The van der Waals surface area contributed by atoms with Crippen LogP contribution in [-0.2, 0) is 16.0 Å². The molecule has 0 aliphatic carbocycles. The lowest BCUT2D eigenvalue weighted by Gasteiger charge is -2.19. The van der Waals surface area contributed by atoms with Crippen molar-refractivity contribution >= 4 is 23.2 Å². The molecule has 0 aromatic carbocycles. The second-order valence-electron chi connectivity index (χ2n) is 4.73. The molecule has 118 valence electrons. The zero-order valence-electron chi connectivity index (χ0n) is 12.2. The van der Waals surface area contributed by atoms with Crippen LogP contribution in [0.1, 0.15) is 25.7 Å². The SMILES string of the molecule is CCCN(CC(=O)O)C(=O)CCc1nc(-c2ccsc2)no1. The van der Waals surface area contributed by atoms with Crippen LogP contribution < -0.4 is 0 Å². The van der Waals surface area contributed by atoms with Crippen LogP contribution in [0.3, 0.4) is 0 Å². The van der Waals surface area contributed by atoms with Crippen molar-refractivity contribution in [1.29, 1.82) is 0 Å². The van der Waals surface area contributed by atoms with Gasteiger partial charge in [-0.2, -0.15) is 16.3 Å². The Morgan fingerprint density at radius 2 is 2.27 bits per heavy atom. The molecule has 1 N–H and O–H groups in total. The molecule has 0 saturated heterocycles. The molecule has 0 saturated carbocycles. The van der Waals surface area contributed by atoms with E-state index in [9.17, 15) is 9.59 Å². The predicted octanol–water partition coefficient (Wildman–Crippen LogP) is 2.05. The Bertz CT molecular complexity index is 624. The number of nitrogens with zero attached hydrogens (tertiary/aromatic N) is 3. The molecule has 7 nitrogen and oxygen atoms in total. The zero-order valence-corrected chi connectivity index (χ0v) is 13.0. The molecule has 0 atom stereocenters. The normalized spacial score (nSPS) is 10.6. The number of carbonyl (C=O) groups is 2. The fourth-order valence-corrected chi connectivity index (χ4v) is 2.60. The quantitative estimate of drug-likeness (QED) is 0.798. The van der Waals surface area contributed by atoms with Crippen molar-refractivity contribution in [3.8, 4) is 11.4 Å². The van der Waals surface area contributed by atoms with Crippen LogP contribution in [0.25, 0.3) is 11.4 Å². The molecule has 2 aromatic rings. The minimum absolute atomic E-state index is 0.151. The maximum atomic E-state index is 12.1. The summed E-state index contributed by atoms with van der Waals surface area (Å²) >= 11 is 1.54. The monoisotopic (exact) mass is 323 g/mol. The van der Waals surface area contributed by atoms with Gasteiger partial charge in [-0.3, -0.25) is 9.59 Å². The molecule has 0 fully saturated rings. The lowest BCUT2D eigenvalue weighted by Crippen LogP contribution is -2.36. The zero-order chi connectivity index (χ0) is 15.9. The molecule has 0 spiro atoms. The number of hydrogen-bond acceptors (Lipinski definition) is 6. The highest BCUT2D eigenvalue weighted by Gasteiger charge is 2.17. The van der Waals surface area contributed by atoms with E-state index in [4.69, 9.17) is 9.63 Å². The van der Waals surface area contributed by atoms with Crippen molar-refractivity contribution in [2.75, 3.05) is 13.1 Å². The first kappa shape index (κ1) is 16.2. The molecule has 0 radical (unpaired) electrons. The summed E-state index contributed by atoms with van der Waals surface area (Å²) in [6, 6.07) is 1.89. The molecule has 8 heteroatoms. The largest absolute Gasteiger partial charge is 0.480 e. The Kier molecular flexibility index (Phi) is 5.65. The van der Waals surface area contributed by atoms with Crippen LogP contribution in [0.2, 0.25) is 0 Å². The van der Waals surface area contributed by atoms with E-state index in [1.807, 2.05) is 23.8 Å². The maximum Gasteiger partial charge on any atom is 0.323 e. The maximum absolute atomic E-state index is 12.1. The van der Waals surface area contributed by atoms with Gasteiger partial charge in [-0.1, -0.05) is 12.1 Å². The molecule has 0 bridgehead atoms. The van der Waals surface area contributed by atoms with Crippen LogP contribution in [0.4, 0.5) is 0 Å². The average molecular weight is 323 g/mol. The Balaban J connectivity index is 1.91. The first-order valence-corrected chi connectivity index (χ1v) is 7.89. The summed E-state index contributed by atoms with van der Waals surface area (Å²) in [6.45, 7) is 2.04. The summed E-state index contributed by atoms with van der Waals surface area (Å²) in [5.41, 5.74) is 0.879. The van der Waals surface area contributed by atoms with Crippen LogP contribution in [0, 0.1) is 0 Å². The van der Waals surface area contributed by atoms with Gasteiger partial charge in [-0.05, 0) is 17.9 Å². The van der Waals surface area contributed by atoms with E-state index in [0.29, 0.717) is 31.1 Å². The molecule has 2 aromatic heterocycles. The Labute approximate surface area is 131 Å². The molecular formula is C14H17N3O4S. The number of carboxylic acids is 1. The predicted molar refractivity (Wildman–Crippen MR) is 80.4 cm³/mol. The summed E-state index contributed by atoms with van der Waals surface area (Å²) in [5, 5.41) is 16.5. The standard InChI is InChI=1S/C14H17N3O4S/c1-2-6-17(8-13(19)20)12(18)4-3-11-15-14(16-21-11)10-5-7-22-9-10/h5,7,9H,2-4,6,8H2,1H3,(H,19,20). The molecule has 0 unspecified atom stereocenters. The van der Waals surface area contributed by atoms with E-state index >= 15 is 0 Å². The van der Waals surface area contributed by atoms with Crippen LogP contribution in [0.5, 0.6) is 0 Å². The van der Waals surface area contributed by atoms with Crippen molar-refractivity contribution in [2.24, 2.45) is 0 Å². The van der Waals surface area contributed by atoms with Gasteiger partial charge in [0.1, 0.15) is 6.54 Å². The summed E-state index contributed by atoms with van der Waals surface area (Å²) in [4.78, 5) is 28.4. The highest BCUT2D eigenvalue weighted by molar-refractivity contribution is 7.08. The number of amides is 1. The number of aryl methyl sites for hydroxylation is 1. The Morgan fingerprint density at radius 3 is 2.91 bits per heavy atom.